The molecule has 1 unspecified atom stereocenters. The lowest BCUT2D eigenvalue weighted by molar-refractivity contribution is -0.150. The highest BCUT2D eigenvalue weighted by atomic mass is 16.5. The molecular formula is C18H24N2O3. The van der Waals surface area contributed by atoms with Gasteiger partial charge in [0.05, 0.1) is 18.6 Å². The van der Waals surface area contributed by atoms with Gasteiger partial charge in [0.2, 0.25) is 5.91 Å². The standard InChI is InChI=1S/C18H24N2O3/c1-19-10-8-18(9-11-19)15(17(22)23-2)12-16(21)20(18)13-14-6-4-3-5-7-14/h3-7,15H,8-13H2,1-2H3. The summed E-state index contributed by atoms with van der Waals surface area (Å²) in [5.74, 6) is -0.537. The van der Waals surface area contributed by atoms with Gasteiger partial charge in [-0.15, -0.1) is 0 Å². The van der Waals surface area contributed by atoms with E-state index in [2.05, 4.69) is 11.9 Å². The summed E-state index contributed by atoms with van der Waals surface area (Å²) in [5.41, 5.74) is 0.705. The van der Waals surface area contributed by atoms with E-state index in [0.717, 1.165) is 31.5 Å². The second kappa shape index (κ2) is 6.32. The minimum absolute atomic E-state index is 0.0637. The molecule has 0 aliphatic carbocycles. The van der Waals surface area contributed by atoms with Crippen LogP contribution in [0.25, 0.3) is 0 Å². The number of carbonyl (C=O) groups excluding carboxylic acids is 2. The first kappa shape index (κ1) is 16.0. The Labute approximate surface area is 137 Å². The predicted molar refractivity (Wildman–Crippen MR) is 86.6 cm³/mol. The number of carbonyl (C=O) groups is 2. The van der Waals surface area contributed by atoms with Gasteiger partial charge >= 0.3 is 5.97 Å². The molecule has 2 aliphatic heterocycles. The lowest BCUT2D eigenvalue weighted by Gasteiger charge is -2.46. The fourth-order valence-corrected chi connectivity index (χ4v) is 3.99. The molecule has 1 amide bonds. The molecule has 0 N–H and O–H groups in total. The summed E-state index contributed by atoms with van der Waals surface area (Å²) >= 11 is 0. The van der Waals surface area contributed by atoms with Crippen LogP contribution in [0.2, 0.25) is 0 Å². The monoisotopic (exact) mass is 316 g/mol. The van der Waals surface area contributed by atoms with E-state index in [1.165, 1.54) is 7.11 Å². The Morgan fingerprint density at radius 1 is 1.26 bits per heavy atom. The van der Waals surface area contributed by atoms with E-state index in [1.807, 2.05) is 35.2 Å². The van der Waals surface area contributed by atoms with Crippen molar-refractivity contribution in [1.82, 2.24) is 9.80 Å². The average molecular weight is 316 g/mol. The van der Waals surface area contributed by atoms with Crippen molar-refractivity contribution in [1.29, 1.82) is 0 Å². The first-order chi connectivity index (χ1) is 11.1. The van der Waals surface area contributed by atoms with Crippen molar-refractivity contribution in [3.8, 4) is 0 Å². The van der Waals surface area contributed by atoms with Gasteiger partial charge in [-0.25, -0.2) is 0 Å². The number of amides is 1. The molecule has 1 atom stereocenters. The Balaban J connectivity index is 1.92. The minimum Gasteiger partial charge on any atom is -0.469 e. The number of nitrogens with zero attached hydrogens (tertiary/aromatic N) is 2. The SMILES string of the molecule is COC(=O)C1CC(=O)N(Cc2ccccc2)C12CCN(C)CC2. The lowest BCUT2D eigenvalue weighted by atomic mass is 9.76. The highest BCUT2D eigenvalue weighted by Gasteiger charge is 2.56. The first-order valence-corrected chi connectivity index (χ1v) is 8.17. The molecule has 2 heterocycles. The number of hydrogen-bond acceptors (Lipinski definition) is 4. The van der Waals surface area contributed by atoms with Crippen LogP contribution in [0.1, 0.15) is 24.8 Å². The van der Waals surface area contributed by atoms with Crippen molar-refractivity contribution in [2.24, 2.45) is 5.92 Å². The number of methoxy groups -OCH3 is 1. The molecule has 5 heteroatoms. The third kappa shape index (κ3) is 2.85. The quantitative estimate of drug-likeness (QED) is 0.796. The molecule has 0 bridgehead atoms. The second-order valence-electron chi connectivity index (χ2n) is 6.65. The van der Waals surface area contributed by atoms with Crippen LogP contribution in [0.3, 0.4) is 0 Å². The molecule has 0 radical (unpaired) electrons. The third-order valence-electron chi connectivity index (χ3n) is 5.39. The summed E-state index contributed by atoms with van der Waals surface area (Å²) < 4.78 is 5.00. The fraction of sp³-hybridized carbons (Fsp3) is 0.556. The molecule has 0 saturated carbocycles. The molecule has 3 rings (SSSR count). The van der Waals surface area contributed by atoms with E-state index in [1.54, 1.807) is 0 Å². The van der Waals surface area contributed by atoms with E-state index >= 15 is 0 Å². The molecule has 23 heavy (non-hydrogen) atoms. The molecule has 124 valence electrons. The molecule has 1 spiro atoms. The first-order valence-electron chi connectivity index (χ1n) is 8.17. The van der Waals surface area contributed by atoms with Crippen LogP contribution in [0.15, 0.2) is 30.3 Å². The highest BCUT2D eigenvalue weighted by Crippen LogP contribution is 2.44. The number of benzene rings is 1. The lowest BCUT2D eigenvalue weighted by Crippen LogP contribution is -2.56. The van der Waals surface area contributed by atoms with Gasteiger partial charge in [0.25, 0.3) is 0 Å². The molecule has 1 aromatic carbocycles. The van der Waals surface area contributed by atoms with Crippen molar-refractivity contribution < 1.29 is 14.3 Å². The van der Waals surface area contributed by atoms with Crippen LogP contribution < -0.4 is 0 Å². The van der Waals surface area contributed by atoms with Crippen molar-refractivity contribution in [3.05, 3.63) is 35.9 Å². The fourth-order valence-electron chi connectivity index (χ4n) is 3.99. The topological polar surface area (TPSA) is 49.9 Å². The molecule has 1 aromatic rings. The number of hydrogen-bond donors (Lipinski definition) is 0. The van der Waals surface area contributed by atoms with Gasteiger partial charge < -0.3 is 14.5 Å². The summed E-state index contributed by atoms with van der Waals surface area (Å²) in [4.78, 5) is 29.2. The van der Waals surface area contributed by atoms with Crippen LogP contribution in [-0.2, 0) is 20.9 Å². The molecule has 2 fully saturated rings. The van der Waals surface area contributed by atoms with E-state index in [9.17, 15) is 9.59 Å². The normalized spacial score (nSPS) is 24.2. The Morgan fingerprint density at radius 3 is 2.52 bits per heavy atom. The summed E-state index contributed by atoms with van der Waals surface area (Å²) in [7, 11) is 3.49. The van der Waals surface area contributed by atoms with Gasteiger partial charge in [0.15, 0.2) is 0 Å². The average Bonchev–Trinajstić information content (AvgIpc) is 2.84. The van der Waals surface area contributed by atoms with E-state index in [4.69, 9.17) is 4.74 Å². The van der Waals surface area contributed by atoms with Crippen LogP contribution in [0.5, 0.6) is 0 Å². The smallest absolute Gasteiger partial charge is 0.311 e. The Bertz CT molecular complexity index is 579. The summed E-state index contributed by atoms with van der Waals surface area (Å²) in [6.45, 7) is 2.36. The third-order valence-corrected chi connectivity index (χ3v) is 5.39. The van der Waals surface area contributed by atoms with Crippen LogP contribution in [0, 0.1) is 5.92 Å². The summed E-state index contributed by atoms with van der Waals surface area (Å²) in [6.07, 6.45) is 1.91. The highest BCUT2D eigenvalue weighted by molar-refractivity contribution is 5.89. The van der Waals surface area contributed by atoms with E-state index in [-0.39, 0.29) is 24.2 Å². The van der Waals surface area contributed by atoms with Crippen LogP contribution in [-0.4, -0.2) is 54.5 Å². The Hall–Kier alpha value is -1.88. The van der Waals surface area contributed by atoms with Gasteiger partial charge in [-0.05, 0) is 25.5 Å². The van der Waals surface area contributed by atoms with E-state index in [0.29, 0.717) is 6.54 Å². The van der Waals surface area contributed by atoms with Gasteiger partial charge in [0.1, 0.15) is 0 Å². The van der Waals surface area contributed by atoms with Gasteiger partial charge in [0, 0.05) is 26.1 Å². The summed E-state index contributed by atoms with van der Waals surface area (Å²) in [5, 5.41) is 0. The van der Waals surface area contributed by atoms with Gasteiger partial charge in [-0.2, -0.15) is 0 Å². The van der Waals surface area contributed by atoms with Gasteiger partial charge in [-0.3, -0.25) is 9.59 Å². The maximum atomic E-state index is 12.7. The van der Waals surface area contributed by atoms with Crippen molar-refractivity contribution >= 4 is 11.9 Å². The Kier molecular flexibility index (Phi) is 4.39. The van der Waals surface area contributed by atoms with Gasteiger partial charge in [-0.1, -0.05) is 30.3 Å². The van der Waals surface area contributed by atoms with E-state index < -0.39 is 5.54 Å². The van der Waals surface area contributed by atoms with Crippen molar-refractivity contribution in [2.45, 2.75) is 31.3 Å². The molecule has 2 saturated heterocycles. The predicted octanol–water partition coefficient (Wildman–Crippen LogP) is 1.67. The van der Waals surface area contributed by atoms with Crippen LogP contribution >= 0.6 is 0 Å². The zero-order valence-corrected chi connectivity index (χ0v) is 13.8. The minimum atomic E-state index is -0.396. The maximum absolute atomic E-state index is 12.7. The maximum Gasteiger partial charge on any atom is 0.311 e. The number of ether oxygens (including phenoxy) is 1. The molecule has 2 aliphatic rings. The molecular weight excluding hydrogens is 292 g/mol. The molecule has 5 nitrogen and oxygen atoms in total. The number of esters is 1. The zero-order valence-electron chi connectivity index (χ0n) is 13.8. The largest absolute Gasteiger partial charge is 0.469 e. The summed E-state index contributed by atoms with van der Waals surface area (Å²) in [6, 6.07) is 9.99. The zero-order chi connectivity index (χ0) is 16.4. The van der Waals surface area contributed by atoms with Crippen molar-refractivity contribution in [3.63, 3.8) is 0 Å². The second-order valence-corrected chi connectivity index (χ2v) is 6.65. The number of likely N-dealkylation sites (tertiary alicyclic amines) is 2. The number of piperidine rings is 1. The Morgan fingerprint density at radius 2 is 1.91 bits per heavy atom. The number of rotatable bonds is 3. The van der Waals surface area contributed by atoms with Crippen LogP contribution in [0.4, 0.5) is 0 Å². The molecule has 0 aromatic heterocycles. The van der Waals surface area contributed by atoms with Crippen molar-refractivity contribution in [2.75, 3.05) is 27.2 Å².